The Morgan fingerprint density at radius 2 is 2.00 bits per heavy atom. The normalized spacial score (nSPS) is 10.6. The van der Waals surface area contributed by atoms with Crippen LogP contribution in [0.2, 0.25) is 0 Å². The average molecular weight is 290 g/mol. The highest BCUT2D eigenvalue weighted by molar-refractivity contribution is 5.76. The molecule has 0 spiro atoms. The van der Waals surface area contributed by atoms with E-state index in [1.165, 1.54) is 6.07 Å². The smallest absolute Gasteiger partial charge is 0.224 e. The maximum absolute atomic E-state index is 13.7. The molecule has 0 radical (unpaired) electrons. The minimum Gasteiger partial charge on any atom is -0.338 e. The summed E-state index contributed by atoms with van der Waals surface area (Å²) >= 11 is 0. The van der Waals surface area contributed by atoms with Gasteiger partial charge >= 0.3 is 0 Å². The molecule has 0 fully saturated rings. The van der Waals surface area contributed by atoms with Gasteiger partial charge in [0.05, 0.1) is 0 Å². The molecule has 0 aliphatic heterocycles. The predicted molar refractivity (Wildman–Crippen MR) is 76.7 cm³/mol. The zero-order valence-corrected chi connectivity index (χ0v) is 12.1. The summed E-state index contributed by atoms with van der Waals surface area (Å²) in [6.45, 7) is 3.46. The van der Waals surface area contributed by atoms with Crippen molar-refractivity contribution in [2.45, 2.75) is 32.9 Å². The third kappa shape index (κ3) is 4.37. The monoisotopic (exact) mass is 290 g/mol. The molecule has 0 saturated carbocycles. The quantitative estimate of drug-likeness (QED) is 0.786. The van der Waals surface area contributed by atoms with E-state index in [0.29, 0.717) is 31.6 Å². The number of rotatable bonds is 7. The van der Waals surface area contributed by atoms with E-state index >= 15 is 0 Å². The topological polar surface area (TPSA) is 51.0 Å². The zero-order valence-electron chi connectivity index (χ0n) is 12.1. The number of nitrogens with zero attached hydrogens (tertiary/aromatic N) is 4. The highest BCUT2D eigenvalue weighted by atomic mass is 19.1. The third-order valence-corrected chi connectivity index (χ3v) is 3.22. The van der Waals surface area contributed by atoms with Gasteiger partial charge in [-0.1, -0.05) is 25.1 Å². The van der Waals surface area contributed by atoms with E-state index < -0.39 is 0 Å². The van der Waals surface area contributed by atoms with Gasteiger partial charge in [0.15, 0.2) is 0 Å². The van der Waals surface area contributed by atoms with E-state index in [4.69, 9.17) is 0 Å². The molecule has 0 aliphatic carbocycles. The van der Waals surface area contributed by atoms with Crippen LogP contribution in [0.25, 0.3) is 0 Å². The van der Waals surface area contributed by atoms with Gasteiger partial charge in [0, 0.05) is 31.6 Å². The van der Waals surface area contributed by atoms with Crippen molar-refractivity contribution >= 4 is 5.91 Å². The molecule has 0 aliphatic rings. The molecule has 1 heterocycles. The number of benzene rings is 1. The molecule has 6 heteroatoms. The van der Waals surface area contributed by atoms with Crippen LogP contribution in [0.3, 0.4) is 0 Å². The van der Waals surface area contributed by atoms with E-state index in [-0.39, 0.29) is 11.7 Å². The second-order valence-corrected chi connectivity index (χ2v) is 4.86. The Hall–Kier alpha value is -2.24. The fourth-order valence-electron chi connectivity index (χ4n) is 2.11. The molecule has 2 aromatic rings. The Kier molecular flexibility index (Phi) is 5.43. The average Bonchev–Trinajstić information content (AvgIpc) is 3.00. The fraction of sp³-hybridized carbons (Fsp3) is 0.400. The molecular formula is C15H19FN4O. The lowest BCUT2D eigenvalue weighted by molar-refractivity contribution is -0.132. The molecular weight excluding hydrogens is 271 g/mol. The number of carbonyl (C=O) groups is 1. The summed E-state index contributed by atoms with van der Waals surface area (Å²) in [5.74, 6) is -0.265. The van der Waals surface area contributed by atoms with Crippen molar-refractivity contribution in [3.05, 3.63) is 48.3 Å². The van der Waals surface area contributed by atoms with Crippen LogP contribution >= 0.6 is 0 Å². The first-order chi connectivity index (χ1) is 10.2. The summed E-state index contributed by atoms with van der Waals surface area (Å²) in [4.78, 5) is 14.0. The summed E-state index contributed by atoms with van der Waals surface area (Å²) in [5.41, 5.74) is 0.545. The van der Waals surface area contributed by atoms with E-state index in [1.54, 1.807) is 40.3 Å². The van der Waals surface area contributed by atoms with Crippen LogP contribution in [-0.2, 0) is 17.9 Å². The van der Waals surface area contributed by atoms with Gasteiger partial charge in [0.2, 0.25) is 5.91 Å². The maximum atomic E-state index is 13.7. The standard InChI is InChI=1S/C15H19FN4O/c1-2-8-20(10-13-5-3-4-6-14(13)16)15(21)7-9-19-11-17-18-12-19/h3-6,11-12H,2,7-10H2,1H3. The van der Waals surface area contributed by atoms with Crippen molar-refractivity contribution in [1.82, 2.24) is 19.7 Å². The van der Waals surface area contributed by atoms with Gasteiger partial charge in [0.25, 0.3) is 0 Å². The summed E-state index contributed by atoms with van der Waals surface area (Å²) < 4.78 is 15.5. The summed E-state index contributed by atoms with van der Waals surface area (Å²) in [6.07, 6.45) is 4.35. The largest absolute Gasteiger partial charge is 0.338 e. The molecule has 1 amide bonds. The molecule has 0 atom stereocenters. The number of hydrogen-bond acceptors (Lipinski definition) is 3. The van der Waals surface area contributed by atoms with Gasteiger partial charge in [0.1, 0.15) is 18.5 Å². The van der Waals surface area contributed by atoms with Gasteiger partial charge in [-0.2, -0.15) is 0 Å². The van der Waals surface area contributed by atoms with Crippen molar-refractivity contribution in [3.8, 4) is 0 Å². The van der Waals surface area contributed by atoms with Crippen LogP contribution in [0.5, 0.6) is 0 Å². The van der Waals surface area contributed by atoms with Crippen LogP contribution in [0.1, 0.15) is 25.3 Å². The minimum absolute atomic E-state index is 0.00815. The molecule has 0 bridgehead atoms. The first kappa shape index (κ1) is 15.2. The molecule has 112 valence electrons. The summed E-state index contributed by atoms with van der Waals surface area (Å²) in [5, 5.41) is 7.40. The number of amides is 1. The van der Waals surface area contributed by atoms with Gasteiger partial charge in [-0.3, -0.25) is 4.79 Å². The van der Waals surface area contributed by atoms with Gasteiger partial charge < -0.3 is 9.47 Å². The molecule has 1 aromatic carbocycles. The zero-order chi connectivity index (χ0) is 15.1. The lowest BCUT2D eigenvalue weighted by Crippen LogP contribution is -2.32. The van der Waals surface area contributed by atoms with Crippen LogP contribution in [-0.4, -0.2) is 32.1 Å². The van der Waals surface area contributed by atoms with Crippen LogP contribution in [0.4, 0.5) is 4.39 Å². The first-order valence-corrected chi connectivity index (χ1v) is 7.04. The Labute approximate surface area is 123 Å². The van der Waals surface area contributed by atoms with Crippen molar-refractivity contribution in [3.63, 3.8) is 0 Å². The van der Waals surface area contributed by atoms with Crippen LogP contribution in [0, 0.1) is 5.82 Å². The maximum Gasteiger partial charge on any atom is 0.224 e. The second kappa shape index (κ2) is 7.52. The number of halogens is 1. The van der Waals surface area contributed by atoms with E-state index in [0.717, 1.165) is 6.42 Å². The number of aryl methyl sites for hydroxylation is 1. The number of hydrogen-bond donors (Lipinski definition) is 0. The SMILES string of the molecule is CCCN(Cc1ccccc1F)C(=O)CCn1cnnc1. The summed E-state index contributed by atoms with van der Waals surface area (Å²) in [7, 11) is 0. The van der Waals surface area contributed by atoms with E-state index in [1.807, 2.05) is 6.92 Å². The second-order valence-electron chi connectivity index (χ2n) is 4.86. The highest BCUT2D eigenvalue weighted by Gasteiger charge is 2.14. The number of aromatic nitrogens is 3. The van der Waals surface area contributed by atoms with Crippen molar-refractivity contribution in [2.24, 2.45) is 0 Å². The lowest BCUT2D eigenvalue weighted by Gasteiger charge is -2.22. The van der Waals surface area contributed by atoms with Crippen LogP contribution < -0.4 is 0 Å². The van der Waals surface area contributed by atoms with E-state index in [9.17, 15) is 9.18 Å². The molecule has 21 heavy (non-hydrogen) atoms. The molecule has 0 saturated heterocycles. The molecule has 0 unspecified atom stereocenters. The molecule has 0 N–H and O–H groups in total. The third-order valence-electron chi connectivity index (χ3n) is 3.22. The molecule has 2 rings (SSSR count). The predicted octanol–water partition coefficient (Wildman–Crippen LogP) is 2.25. The van der Waals surface area contributed by atoms with E-state index in [2.05, 4.69) is 10.2 Å². The Bertz CT molecular complexity index is 571. The van der Waals surface area contributed by atoms with Crippen molar-refractivity contribution in [2.75, 3.05) is 6.54 Å². The Morgan fingerprint density at radius 3 is 2.67 bits per heavy atom. The van der Waals surface area contributed by atoms with Gasteiger partial charge in [-0.15, -0.1) is 10.2 Å². The fourth-order valence-corrected chi connectivity index (χ4v) is 2.11. The lowest BCUT2D eigenvalue weighted by atomic mass is 10.2. The van der Waals surface area contributed by atoms with Crippen molar-refractivity contribution < 1.29 is 9.18 Å². The first-order valence-electron chi connectivity index (χ1n) is 7.04. The highest BCUT2D eigenvalue weighted by Crippen LogP contribution is 2.11. The minimum atomic E-state index is -0.273. The Balaban J connectivity index is 1.97. The van der Waals surface area contributed by atoms with Crippen LogP contribution in [0.15, 0.2) is 36.9 Å². The van der Waals surface area contributed by atoms with Gasteiger partial charge in [-0.25, -0.2) is 4.39 Å². The summed E-state index contributed by atoms with van der Waals surface area (Å²) in [6, 6.07) is 6.56. The molecule has 5 nitrogen and oxygen atoms in total. The van der Waals surface area contributed by atoms with Crippen molar-refractivity contribution in [1.29, 1.82) is 0 Å². The number of carbonyl (C=O) groups excluding carboxylic acids is 1. The Morgan fingerprint density at radius 1 is 1.29 bits per heavy atom. The molecule has 1 aromatic heterocycles. The van der Waals surface area contributed by atoms with Gasteiger partial charge in [-0.05, 0) is 12.5 Å².